The number of alkyl halides is 1. The maximum atomic E-state index is 14.2. The molecule has 0 aliphatic carbocycles. The molecule has 3 aromatic rings. The number of aromatic carboxylic acids is 1. The highest BCUT2D eigenvalue weighted by Crippen LogP contribution is 2.32. The predicted molar refractivity (Wildman–Crippen MR) is 124 cm³/mol. The highest BCUT2D eigenvalue weighted by molar-refractivity contribution is 6.29. The van der Waals surface area contributed by atoms with Gasteiger partial charge in [0.1, 0.15) is 17.4 Å². The van der Waals surface area contributed by atoms with E-state index in [0.717, 1.165) is 11.1 Å². The van der Waals surface area contributed by atoms with Crippen molar-refractivity contribution in [2.75, 3.05) is 23.3 Å². The number of aryl methyl sites for hydroxylation is 1. The fourth-order valence-electron chi connectivity index (χ4n) is 4.07. The first-order valence-electron chi connectivity index (χ1n) is 10.5. The average molecular weight is 469 g/mol. The van der Waals surface area contributed by atoms with Crippen LogP contribution in [0.15, 0.2) is 24.3 Å². The van der Waals surface area contributed by atoms with Crippen LogP contribution in [0.5, 0.6) is 0 Å². The molecule has 3 atom stereocenters. The molecule has 0 unspecified atom stereocenters. The fraction of sp³-hybridized carbons (Fsp3) is 0.348. The largest absolute Gasteiger partial charge is 0.476 e. The number of nitrogens with zero attached hydrogens (tertiary/aromatic N) is 5. The summed E-state index contributed by atoms with van der Waals surface area (Å²) in [5.41, 5.74) is 3.03. The second-order valence-corrected chi connectivity index (χ2v) is 8.72. The number of pyridine rings is 1. The zero-order valence-electron chi connectivity index (χ0n) is 18.3. The molecule has 0 amide bonds. The van der Waals surface area contributed by atoms with Crippen LogP contribution in [0.4, 0.5) is 15.9 Å². The first kappa shape index (κ1) is 22.7. The van der Waals surface area contributed by atoms with E-state index in [9.17, 15) is 19.6 Å². The van der Waals surface area contributed by atoms with Crippen LogP contribution >= 0.6 is 11.6 Å². The number of fused-ring (bicyclic) bond motifs is 1. The second-order valence-electron chi connectivity index (χ2n) is 8.33. The summed E-state index contributed by atoms with van der Waals surface area (Å²) in [5.74, 6) is -1.02. The highest BCUT2D eigenvalue weighted by atomic mass is 35.5. The molecule has 1 aliphatic heterocycles. The summed E-state index contributed by atoms with van der Waals surface area (Å²) in [6.07, 6.45) is -1.00. The van der Waals surface area contributed by atoms with E-state index in [1.165, 1.54) is 6.07 Å². The number of halogens is 2. The van der Waals surface area contributed by atoms with E-state index in [-0.39, 0.29) is 35.0 Å². The van der Waals surface area contributed by atoms with Crippen LogP contribution in [0.25, 0.3) is 11.0 Å². The third-order valence-electron chi connectivity index (χ3n) is 5.75. The van der Waals surface area contributed by atoms with Gasteiger partial charge in [0.2, 0.25) is 0 Å². The van der Waals surface area contributed by atoms with Gasteiger partial charge in [-0.1, -0.05) is 24.6 Å². The number of hydrogen-bond donors (Lipinski definition) is 2. The monoisotopic (exact) mass is 468 g/mol. The molecule has 0 saturated carbocycles. The molecule has 3 heterocycles. The molecule has 1 aliphatic rings. The number of hydrogen-bond acceptors (Lipinski definition) is 7. The summed E-state index contributed by atoms with van der Waals surface area (Å²) in [6, 6.07) is 8.54. The van der Waals surface area contributed by atoms with Crippen molar-refractivity contribution in [2.45, 2.75) is 33.0 Å². The topological polar surface area (TPSA) is 115 Å². The number of benzene rings is 1. The zero-order valence-corrected chi connectivity index (χ0v) is 19.1. The Kier molecular flexibility index (Phi) is 6.04. The SMILES string of the molecule is Cc1cc([C@@H](C)Nc2ccc(Cl)nc2C(=O)O)c2nc(N3C[C@@H](F)[C@@H](C)C3)c(C#N)nc2c1. The van der Waals surface area contributed by atoms with Gasteiger partial charge in [-0.25, -0.2) is 24.1 Å². The third kappa shape index (κ3) is 4.39. The van der Waals surface area contributed by atoms with Crippen molar-refractivity contribution < 1.29 is 14.3 Å². The molecule has 0 radical (unpaired) electrons. The first-order valence-corrected chi connectivity index (χ1v) is 10.8. The standard InChI is InChI=1S/C23H22ClFN6O2/c1-11-6-14(13(3)27-16-4-5-19(24)29-21(16)23(32)33)20-17(7-11)28-18(8-26)22(30-20)31-9-12(2)15(25)10-31/h4-7,12-13,15,27H,9-10H2,1-3H3,(H,32,33)/t12-,13+,15+/m0/s1. The minimum atomic E-state index is -1.20. The van der Waals surface area contributed by atoms with E-state index in [2.05, 4.69) is 21.4 Å². The Bertz CT molecular complexity index is 1280. The van der Waals surface area contributed by atoms with Crippen LogP contribution < -0.4 is 10.2 Å². The highest BCUT2D eigenvalue weighted by Gasteiger charge is 2.32. The molecule has 4 rings (SSSR count). The zero-order chi connectivity index (χ0) is 23.9. The molecule has 2 aromatic heterocycles. The molecule has 0 spiro atoms. The van der Waals surface area contributed by atoms with Gasteiger partial charge < -0.3 is 15.3 Å². The van der Waals surface area contributed by atoms with Crippen molar-refractivity contribution in [1.29, 1.82) is 5.26 Å². The molecule has 10 heteroatoms. The lowest BCUT2D eigenvalue weighted by Gasteiger charge is -2.21. The van der Waals surface area contributed by atoms with Gasteiger partial charge in [-0.15, -0.1) is 0 Å². The number of nitrogens with one attached hydrogen (secondary N) is 1. The van der Waals surface area contributed by atoms with Crippen molar-refractivity contribution in [2.24, 2.45) is 5.92 Å². The molecule has 2 N–H and O–H groups in total. The number of carbonyl (C=O) groups is 1. The number of aromatic nitrogens is 3. The predicted octanol–water partition coefficient (Wildman–Crippen LogP) is 4.52. The van der Waals surface area contributed by atoms with E-state index < -0.39 is 12.1 Å². The summed E-state index contributed by atoms with van der Waals surface area (Å²) in [7, 11) is 0. The molecule has 33 heavy (non-hydrogen) atoms. The molecule has 1 fully saturated rings. The van der Waals surface area contributed by atoms with Crippen LogP contribution in [-0.4, -0.2) is 45.3 Å². The van der Waals surface area contributed by atoms with Crippen LogP contribution in [-0.2, 0) is 0 Å². The summed E-state index contributed by atoms with van der Waals surface area (Å²) in [6.45, 7) is 6.20. The van der Waals surface area contributed by atoms with Gasteiger partial charge in [0.05, 0.1) is 29.3 Å². The van der Waals surface area contributed by atoms with E-state index in [4.69, 9.17) is 16.6 Å². The Balaban J connectivity index is 1.80. The lowest BCUT2D eigenvalue weighted by molar-refractivity contribution is 0.0691. The van der Waals surface area contributed by atoms with Crippen molar-refractivity contribution >= 4 is 40.1 Å². The lowest BCUT2D eigenvalue weighted by Crippen LogP contribution is -2.23. The van der Waals surface area contributed by atoms with E-state index >= 15 is 0 Å². The maximum Gasteiger partial charge on any atom is 0.356 e. The Morgan fingerprint density at radius 2 is 2.09 bits per heavy atom. The summed E-state index contributed by atoms with van der Waals surface area (Å²) in [4.78, 5) is 26.6. The average Bonchev–Trinajstić information content (AvgIpc) is 3.11. The number of anilines is 2. The molecule has 0 bridgehead atoms. The summed E-state index contributed by atoms with van der Waals surface area (Å²) >= 11 is 5.86. The van der Waals surface area contributed by atoms with Gasteiger partial charge in [0, 0.05) is 18.0 Å². The number of carboxylic acid groups (broad SMARTS) is 1. The van der Waals surface area contributed by atoms with Crippen molar-refractivity contribution in [3.8, 4) is 6.07 Å². The summed E-state index contributed by atoms with van der Waals surface area (Å²) in [5, 5.41) is 22.4. The van der Waals surface area contributed by atoms with Gasteiger partial charge in [-0.2, -0.15) is 5.26 Å². The maximum absolute atomic E-state index is 14.2. The number of nitriles is 1. The van der Waals surface area contributed by atoms with Crippen LogP contribution in [0.2, 0.25) is 5.15 Å². The van der Waals surface area contributed by atoms with Crippen LogP contribution in [0.1, 0.15) is 47.2 Å². The Hall–Kier alpha value is -3.51. The van der Waals surface area contributed by atoms with E-state index in [0.29, 0.717) is 29.1 Å². The van der Waals surface area contributed by atoms with Crippen LogP contribution in [0, 0.1) is 24.2 Å². The Labute approximate surface area is 195 Å². The van der Waals surface area contributed by atoms with Crippen molar-refractivity contribution in [1.82, 2.24) is 15.0 Å². The Morgan fingerprint density at radius 1 is 1.33 bits per heavy atom. The first-order chi connectivity index (χ1) is 15.7. The Morgan fingerprint density at radius 3 is 2.73 bits per heavy atom. The van der Waals surface area contributed by atoms with E-state index in [1.807, 2.05) is 32.9 Å². The van der Waals surface area contributed by atoms with Gasteiger partial charge >= 0.3 is 5.97 Å². The minimum Gasteiger partial charge on any atom is -0.476 e. The van der Waals surface area contributed by atoms with Gasteiger partial charge in [0.15, 0.2) is 17.2 Å². The smallest absolute Gasteiger partial charge is 0.356 e. The molecular weight excluding hydrogens is 447 g/mol. The van der Waals surface area contributed by atoms with Crippen molar-refractivity contribution in [3.05, 3.63) is 51.9 Å². The molecule has 1 saturated heterocycles. The quantitative estimate of drug-likeness (QED) is 0.525. The molecule has 8 nitrogen and oxygen atoms in total. The lowest BCUT2D eigenvalue weighted by atomic mass is 10.0. The minimum absolute atomic E-state index is 0.0807. The third-order valence-corrected chi connectivity index (χ3v) is 5.96. The normalized spacial score (nSPS) is 18.8. The fourth-order valence-corrected chi connectivity index (χ4v) is 4.22. The van der Waals surface area contributed by atoms with Crippen molar-refractivity contribution in [3.63, 3.8) is 0 Å². The molecule has 170 valence electrons. The van der Waals surface area contributed by atoms with Gasteiger partial charge in [-0.05, 0) is 37.6 Å². The van der Waals surface area contributed by atoms with E-state index in [1.54, 1.807) is 11.0 Å². The van der Waals surface area contributed by atoms with Crippen LogP contribution in [0.3, 0.4) is 0 Å². The second kappa shape index (κ2) is 8.79. The number of carboxylic acids is 1. The van der Waals surface area contributed by atoms with Gasteiger partial charge in [-0.3, -0.25) is 0 Å². The number of rotatable bonds is 5. The summed E-state index contributed by atoms with van der Waals surface area (Å²) < 4.78 is 14.2. The van der Waals surface area contributed by atoms with Gasteiger partial charge in [0.25, 0.3) is 0 Å². The molecular formula is C23H22ClFN6O2. The molecule has 1 aromatic carbocycles.